The summed E-state index contributed by atoms with van der Waals surface area (Å²) in [6.07, 6.45) is -2.68. The fraction of sp³-hybridized carbons (Fsp3) is 0.0426. The first-order chi connectivity index (χ1) is 26.2. The maximum atomic E-state index is 8.63. The maximum Gasteiger partial charge on any atom is 0.114 e. The van der Waals surface area contributed by atoms with Crippen molar-refractivity contribution in [1.82, 2.24) is 9.55 Å². The molecular formula is C47H34N2. The van der Waals surface area contributed by atoms with Crippen molar-refractivity contribution in [3.8, 4) is 50.2 Å². The van der Waals surface area contributed by atoms with E-state index in [1.54, 1.807) is 10.6 Å². The number of para-hydroxylation sites is 2. The van der Waals surface area contributed by atoms with Gasteiger partial charge in [0.2, 0.25) is 0 Å². The van der Waals surface area contributed by atoms with Crippen molar-refractivity contribution in [1.29, 1.82) is 0 Å². The van der Waals surface area contributed by atoms with Crippen LogP contribution in [0.15, 0.2) is 176 Å². The smallest absolute Gasteiger partial charge is 0.114 e. The number of rotatable bonds is 6. The van der Waals surface area contributed by atoms with Gasteiger partial charge < -0.3 is 0 Å². The normalized spacial score (nSPS) is 13.5. The molecule has 0 bridgehead atoms. The van der Waals surface area contributed by atoms with Crippen molar-refractivity contribution in [2.75, 3.05) is 0 Å². The van der Waals surface area contributed by atoms with Gasteiger partial charge in [0.15, 0.2) is 0 Å². The first-order valence-corrected chi connectivity index (χ1v) is 16.5. The highest BCUT2D eigenvalue weighted by atomic mass is 15.1. The lowest BCUT2D eigenvalue weighted by molar-refractivity contribution is 0.908. The number of hydrogen-bond acceptors (Lipinski definition) is 1. The lowest BCUT2D eigenvalue weighted by Gasteiger charge is -2.19. The summed E-state index contributed by atoms with van der Waals surface area (Å²) in [5, 5.41) is 4.48. The van der Waals surface area contributed by atoms with Crippen LogP contribution in [-0.4, -0.2) is 9.55 Å². The SMILES string of the molecule is [2H]C([2H])([2H])C([2H])([2H])c1nc2ccccc2n1-c1ccc(-c2c3ccccc3c(-c3cc(-c4ccccc4)cc(-c4ccccc4)c3)c3ccccc23)cc1. The lowest BCUT2D eigenvalue weighted by atomic mass is 9.84. The molecule has 0 saturated carbocycles. The molecule has 0 aliphatic carbocycles. The van der Waals surface area contributed by atoms with Crippen LogP contribution < -0.4 is 0 Å². The van der Waals surface area contributed by atoms with Crippen LogP contribution in [0.5, 0.6) is 0 Å². The summed E-state index contributed by atoms with van der Waals surface area (Å²) in [5.41, 5.74) is 10.8. The zero-order chi connectivity index (χ0) is 37.0. The molecule has 0 fully saturated rings. The van der Waals surface area contributed by atoms with E-state index >= 15 is 0 Å². The molecule has 0 saturated heterocycles. The predicted octanol–water partition coefficient (Wildman–Crippen LogP) is 12.6. The van der Waals surface area contributed by atoms with E-state index in [4.69, 9.17) is 6.85 Å². The van der Waals surface area contributed by atoms with Crippen LogP contribution in [0, 0.1) is 0 Å². The van der Waals surface area contributed by atoms with Gasteiger partial charge in [-0.1, -0.05) is 140 Å². The Hall–Kier alpha value is -6.25. The monoisotopic (exact) mass is 631 g/mol. The molecule has 49 heavy (non-hydrogen) atoms. The molecule has 0 radical (unpaired) electrons. The highest BCUT2D eigenvalue weighted by molar-refractivity contribution is 6.21. The van der Waals surface area contributed by atoms with Crippen LogP contribution in [0.25, 0.3) is 82.8 Å². The Morgan fingerprint density at radius 2 is 0.939 bits per heavy atom. The van der Waals surface area contributed by atoms with Crippen molar-refractivity contribution in [3.05, 3.63) is 182 Å². The number of aromatic nitrogens is 2. The Kier molecular flexibility index (Phi) is 5.91. The minimum Gasteiger partial charge on any atom is -0.296 e. The highest BCUT2D eigenvalue weighted by Gasteiger charge is 2.18. The molecule has 9 rings (SSSR count). The van der Waals surface area contributed by atoms with Crippen molar-refractivity contribution < 1.29 is 6.85 Å². The third-order valence-electron chi connectivity index (χ3n) is 9.45. The van der Waals surface area contributed by atoms with Gasteiger partial charge in [-0.15, -0.1) is 0 Å². The van der Waals surface area contributed by atoms with Crippen LogP contribution in [-0.2, 0) is 6.37 Å². The van der Waals surface area contributed by atoms with Crippen molar-refractivity contribution in [3.63, 3.8) is 0 Å². The van der Waals surface area contributed by atoms with E-state index in [-0.39, 0.29) is 5.82 Å². The Morgan fingerprint density at radius 3 is 1.49 bits per heavy atom. The third kappa shape index (κ3) is 5.01. The van der Waals surface area contributed by atoms with Gasteiger partial charge in [-0.2, -0.15) is 0 Å². The molecule has 232 valence electrons. The molecule has 8 aromatic carbocycles. The van der Waals surface area contributed by atoms with Gasteiger partial charge >= 0.3 is 0 Å². The van der Waals surface area contributed by atoms with Crippen molar-refractivity contribution in [2.45, 2.75) is 13.2 Å². The molecule has 0 atom stereocenters. The van der Waals surface area contributed by atoms with Crippen LogP contribution >= 0.6 is 0 Å². The summed E-state index contributed by atoms with van der Waals surface area (Å²) < 4.78 is 42.9. The second-order valence-electron chi connectivity index (χ2n) is 12.3. The van der Waals surface area contributed by atoms with Gasteiger partial charge in [0.25, 0.3) is 0 Å². The Labute approximate surface area is 293 Å². The van der Waals surface area contributed by atoms with E-state index in [1.165, 1.54) is 0 Å². The van der Waals surface area contributed by atoms with Crippen LogP contribution in [0.3, 0.4) is 0 Å². The molecular weight excluding hydrogens is 593 g/mol. The fourth-order valence-corrected chi connectivity index (χ4v) is 7.27. The van der Waals surface area contributed by atoms with E-state index in [9.17, 15) is 0 Å². The minimum absolute atomic E-state index is 0.149. The van der Waals surface area contributed by atoms with Crippen LogP contribution in [0.1, 0.15) is 19.5 Å². The second-order valence-corrected chi connectivity index (χ2v) is 12.3. The first-order valence-electron chi connectivity index (χ1n) is 19.0. The number of fused-ring (bicyclic) bond motifs is 3. The average Bonchev–Trinajstić information content (AvgIpc) is 3.61. The van der Waals surface area contributed by atoms with Gasteiger partial charge in [0.05, 0.1) is 11.0 Å². The van der Waals surface area contributed by atoms with Crippen LogP contribution in [0.4, 0.5) is 0 Å². The largest absolute Gasteiger partial charge is 0.296 e. The summed E-state index contributed by atoms with van der Waals surface area (Å²) in [7, 11) is 0. The predicted molar refractivity (Wildman–Crippen MR) is 207 cm³/mol. The molecule has 2 nitrogen and oxygen atoms in total. The molecule has 2 heteroatoms. The zero-order valence-corrected chi connectivity index (χ0v) is 26.6. The summed E-state index contributed by atoms with van der Waals surface area (Å²) in [5.74, 6) is -0.149. The molecule has 9 aromatic rings. The van der Waals surface area contributed by atoms with E-state index in [2.05, 4.69) is 120 Å². The summed E-state index contributed by atoms with van der Waals surface area (Å²) >= 11 is 0. The van der Waals surface area contributed by atoms with Gasteiger partial charge in [-0.25, -0.2) is 4.98 Å². The number of benzene rings is 8. The van der Waals surface area contributed by atoms with Gasteiger partial charge in [-0.3, -0.25) is 4.57 Å². The van der Waals surface area contributed by atoms with Gasteiger partial charge in [0, 0.05) is 18.9 Å². The molecule has 0 unspecified atom stereocenters. The number of hydrogen-bond donors (Lipinski definition) is 0. The summed E-state index contributed by atoms with van der Waals surface area (Å²) in [6.45, 7) is -2.91. The van der Waals surface area contributed by atoms with E-state index in [0.29, 0.717) is 16.7 Å². The van der Waals surface area contributed by atoms with Gasteiger partial charge in [0.1, 0.15) is 5.82 Å². The molecule has 1 heterocycles. The number of nitrogens with zero attached hydrogens (tertiary/aromatic N) is 2. The summed E-state index contributed by atoms with van der Waals surface area (Å²) in [4.78, 5) is 4.51. The Balaban J connectivity index is 1.26. The van der Waals surface area contributed by atoms with Gasteiger partial charge in [-0.05, 0) is 109 Å². The summed E-state index contributed by atoms with van der Waals surface area (Å²) in [6, 6.07) is 60.2. The number of imidazole rings is 1. The molecule has 0 spiro atoms. The number of aryl methyl sites for hydroxylation is 1. The molecule has 0 N–H and O–H groups in total. The molecule has 0 aliphatic rings. The second kappa shape index (κ2) is 12.1. The van der Waals surface area contributed by atoms with Crippen molar-refractivity contribution >= 4 is 32.6 Å². The average molecular weight is 632 g/mol. The van der Waals surface area contributed by atoms with Crippen LogP contribution in [0.2, 0.25) is 0 Å². The van der Waals surface area contributed by atoms with Crippen molar-refractivity contribution in [2.24, 2.45) is 0 Å². The van der Waals surface area contributed by atoms with E-state index < -0.39 is 13.2 Å². The third-order valence-corrected chi connectivity index (χ3v) is 9.45. The minimum atomic E-state index is -2.91. The highest BCUT2D eigenvalue weighted by Crippen LogP contribution is 2.45. The molecule has 0 aliphatic heterocycles. The molecule has 0 amide bonds. The lowest BCUT2D eigenvalue weighted by Crippen LogP contribution is -2.00. The Bertz CT molecular complexity index is 2710. The quantitative estimate of drug-likeness (QED) is 0.167. The van der Waals surface area contributed by atoms with E-state index in [0.717, 1.165) is 66.1 Å². The fourth-order valence-electron chi connectivity index (χ4n) is 7.27. The van der Waals surface area contributed by atoms with E-state index in [1.807, 2.05) is 54.6 Å². The zero-order valence-electron chi connectivity index (χ0n) is 31.6. The topological polar surface area (TPSA) is 17.8 Å². The standard InChI is InChI=1S/C47H34N2/c1-2-45-48-43-23-13-14-24-44(43)49(45)38-27-25-34(26-28-38)46-39-19-9-11-21-41(39)47(42-22-12-10-20-40(42)46)37-30-35(32-15-5-3-6-16-32)29-36(31-37)33-17-7-4-8-18-33/h3-31H,2H2,1H3/i1D3,2D2. The Morgan fingerprint density at radius 1 is 0.469 bits per heavy atom. The first kappa shape index (κ1) is 24.0. The maximum absolute atomic E-state index is 8.63. The molecule has 1 aromatic heterocycles.